The molecule has 0 saturated carbocycles. The van der Waals surface area contributed by atoms with E-state index in [1.54, 1.807) is 18.2 Å². The van der Waals surface area contributed by atoms with Gasteiger partial charge in [0.1, 0.15) is 0 Å². The third-order valence-corrected chi connectivity index (χ3v) is 4.44. The van der Waals surface area contributed by atoms with Gasteiger partial charge in [-0.3, -0.25) is 9.69 Å². The van der Waals surface area contributed by atoms with Gasteiger partial charge in [-0.15, -0.1) is 0 Å². The fourth-order valence-corrected chi connectivity index (χ4v) is 3.46. The van der Waals surface area contributed by atoms with E-state index in [9.17, 15) is 9.90 Å². The number of carboxylic acid groups (broad SMARTS) is 1. The molecule has 0 radical (unpaired) electrons. The maximum atomic E-state index is 11.2. The number of likely N-dealkylation sites (tertiary alicyclic amines) is 1. The Labute approximate surface area is 129 Å². The largest absolute Gasteiger partial charge is 0.481 e. The topological polar surface area (TPSA) is 40.5 Å². The van der Waals surface area contributed by atoms with Gasteiger partial charge in [0.2, 0.25) is 0 Å². The molecule has 110 valence electrons. The number of carbonyl (C=O) groups is 1. The second-order valence-electron chi connectivity index (χ2n) is 5.20. The predicted octanol–water partition coefficient (Wildman–Crippen LogP) is 4.39. The summed E-state index contributed by atoms with van der Waals surface area (Å²) in [4.78, 5) is 13.4. The van der Waals surface area contributed by atoms with Crippen molar-refractivity contribution in [3.05, 3.63) is 33.8 Å². The van der Waals surface area contributed by atoms with Gasteiger partial charge in [-0.1, -0.05) is 42.1 Å². The monoisotopic (exact) mass is 315 g/mol. The average molecular weight is 316 g/mol. The van der Waals surface area contributed by atoms with Crippen LogP contribution in [-0.4, -0.2) is 29.1 Å². The number of rotatable bonds is 4. The van der Waals surface area contributed by atoms with Crippen LogP contribution >= 0.6 is 23.2 Å². The maximum Gasteiger partial charge on any atom is 0.305 e. The lowest BCUT2D eigenvalue weighted by atomic mass is 10.0. The van der Waals surface area contributed by atoms with E-state index >= 15 is 0 Å². The molecule has 20 heavy (non-hydrogen) atoms. The highest BCUT2D eigenvalue weighted by Gasteiger charge is 2.27. The van der Waals surface area contributed by atoms with Crippen LogP contribution in [0.25, 0.3) is 0 Å². The van der Waals surface area contributed by atoms with Gasteiger partial charge in [-0.2, -0.15) is 0 Å². The van der Waals surface area contributed by atoms with E-state index in [1.807, 2.05) is 0 Å². The summed E-state index contributed by atoms with van der Waals surface area (Å²) in [5.41, 5.74) is 0.750. The summed E-state index contributed by atoms with van der Waals surface area (Å²) >= 11 is 12.5. The highest BCUT2D eigenvalue weighted by Crippen LogP contribution is 2.36. The molecule has 1 fully saturated rings. The third-order valence-electron chi connectivity index (χ3n) is 3.78. The van der Waals surface area contributed by atoms with Crippen molar-refractivity contribution in [2.24, 2.45) is 0 Å². The molecule has 1 atom stereocenters. The van der Waals surface area contributed by atoms with E-state index < -0.39 is 5.97 Å². The van der Waals surface area contributed by atoms with Crippen molar-refractivity contribution in [3.8, 4) is 0 Å². The lowest BCUT2D eigenvalue weighted by molar-refractivity contribution is -0.138. The first kappa shape index (κ1) is 15.6. The van der Waals surface area contributed by atoms with Crippen LogP contribution in [0, 0.1) is 0 Å². The molecule has 1 aromatic carbocycles. The van der Waals surface area contributed by atoms with Crippen LogP contribution in [0.5, 0.6) is 0 Å². The van der Waals surface area contributed by atoms with Crippen molar-refractivity contribution in [2.45, 2.75) is 38.1 Å². The molecule has 1 aromatic rings. The van der Waals surface area contributed by atoms with Crippen LogP contribution in [0.15, 0.2) is 18.2 Å². The first-order chi connectivity index (χ1) is 9.59. The molecule has 1 aliphatic rings. The van der Waals surface area contributed by atoms with E-state index in [2.05, 4.69) is 4.90 Å². The molecular formula is C15H19Cl2NO2. The van der Waals surface area contributed by atoms with E-state index in [0.29, 0.717) is 10.0 Å². The molecule has 0 spiro atoms. The smallest absolute Gasteiger partial charge is 0.305 e. The lowest BCUT2D eigenvalue weighted by Crippen LogP contribution is -2.31. The number of nitrogens with zero attached hydrogens (tertiary/aromatic N) is 1. The van der Waals surface area contributed by atoms with Crippen molar-refractivity contribution in [3.63, 3.8) is 0 Å². The van der Waals surface area contributed by atoms with Crippen LogP contribution in [-0.2, 0) is 4.79 Å². The molecule has 1 saturated heterocycles. The number of hydrogen-bond acceptors (Lipinski definition) is 2. The van der Waals surface area contributed by atoms with Gasteiger partial charge in [0.25, 0.3) is 0 Å². The molecule has 1 unspecified atom stereocenters. The first-order valence-corrected chi connectivity index (χ1v) is 7.75. The zero-order valence-corrected chi connectivity index (χ0v) is 12.8. The molecule has 0 amide bonds. The number of hydrogen-bond donors (Lipinski definition) is 1. The fourth-order valence-electron chi connectivity index (χ4n) is 2.82. The Bertz CT molecular complexity index is 451. The number of halogens is 2. The first-order valence-electron chi connectivity index (χ1n) is 6.99. The van der Waals surface area contributed by atoms with Gasteiger partial charge in [0.15, 0.2) is 0 Å². The van der Waals surface area contributed by atoms with Gasteiger partial charge in [-0.05, 0) is 38.1 Å². The summed E-state index contributed by atoms with van der Waals surface area (Å²) in [6.07, 6.45) is 4.62. The third kappa shape index (κ3) is 3.87. The zero-order valence-electron chi connectivity index (χ0n) is 11.3. The van der Waals surface area contributed by atoms with Crippen molar-refractivity contribution in [1.82, 2.24) is 4.90 Å². The Kier molecular flexibility index (Phi) is 5.70. The summed E-state index contributed by atoms with van der Waals surface area (Å²) < 4.78 is 0. The van der Waals surface area contributed by atoms with Crippen LogP contribution in [0.1, 0.15) is 43.7 Å². The van der Waals surface area contributed by atoms with Crippen molar-refractivity contribution in [2.75, 3.05) is 13.1 Å². The van der Waals surface area contributed by atoms with Crippen molar-refractivity contribution < 1.29 is 9.90 Å². The molecule has 3 nitrogen and oxygen atoms in total. The molecule has 0 aromatic heterocycles. The van der Waals surface area contributed by atoms with E-state index in [1.165, 1.54) is 12.8 Å². The quantitative estimate of drug-likeness (QED) is 0.896. The summed E-state index contributed by atoms with van der Waals surface area (Å²) in [5.74, 6) is -0.824. The van der Waals surface area contributed by atoms with Crippen LogP contribution in [0.2, 0.25) is 10.0 Å². The molecule has 0 aliphatic carbocycles. The fraction of sp³-hybridized carbons (Fsp3) is 0.533. The summed E-state index contributed by atoms with van der Waals surface area (Å²) in [5, 5.41) is 10.3. The van der Waals surface area contributed by atoms with Gasteiger partial charge in [0, 0.05) is 21.7 Å². The highest BCUT2D eigenvalue weighted by atomic mass is 35.5. The van der Waals surface area contributed by atoms with E-state index in [0.717, 1.165) is 31.5 Å². The molecule has 2 rings (SSSR count). The number of carboxylic acids is 1. The van der Waals surface area contributed by atoms with E-state index in [4.69, 9.17) is 23.2 Å². The molecule has 1 heterocycles. The Hall–Kier alpha value is -0.770. The second kappa shape index (κ2) is 7.30. The minimum Gasteiger partial charge on any atom is -0.481 e. The number of benzene rings is 1. The Morgan fingerprint density at radius 1 is 1.15 bits per heavy atom. The molecule has 5 heteroatoms. The summed E-state index contributed by atoms with van der Waals surface area (Å²) in [7, 11) is 0. The molecule has 1 aliphatic heterocycles. The summed E-state index contributed by atoms with van der Waals surface area (Å²) in [6, 6.07) is 5.09. The Morgan fingerprint density at radius 2 is 1.70 bits per heavy atom. The predicted molar refractivity (Wildman–Crippen MR) is 81.5 cm³/mol. The number of aliphatic carboxylic acids is 1. The van der Waals surface area contributed by atoms with Crippen molar-refractivity contribution >= 4 is 29.2 Å². The van der Waals surface area contributed by atoms with Gasteiger partial charge in [0.05, 0.1) is 6.42 Å². The SMILES string of the molecule is O=C(O)CC(c1c(Cl)cccc1Cl)N1CCCCCC1. The van der Waals surface area contributed by atoms with Gasteiger partial charge >= 0.3 is 5.97 Å². The molecule has 1 N–H and O–H groups in total. The minimum absolute atomic E-state index is 0.0312. The second-order valence-corrected chi connectivity index (χ2v) is 6.01. The lowest BCUT2D eigenvalue weighted by Gasteiger charge is -2.31. The Balaban J connectivity index is 2.33. The molecular weight excluding hydrogens is 297 g/mol. The van der Waals surface area contributed by atoms with Crippen molar-refractivity contribution in [1.29, 1.82) is 0 Å². The Morgan fingerprint density at radius 3 is 2.20 bits per heavy atom. The summed E-state index contributed by atoms with van der Waals surface area (Å²) in [6.45, 7) is 1.80. The molecule has 0 bridgehead atoms. The minimum atomic E-state index is -0.824. The normalized spacial score (nSPS) is 18.5. The maximum absolute atomic E-state index is 11.2. The standard InChI is InChI=1S/C15H19Cl2NO2/c16-11-6-5-7-12(17)15(11)13(10-14(19)20)18-8-3-1-2-4-9-18/h5-7,13H,1-4,8-10H2,(H,19,20). The average Bonchev–Trinajstić information content (AvgIpc) is 2.65. The van der Waals surface area contributed by atoms with Crippen LogP contribution in [0.3, 0.4) is 0 Å². The zero-order chi connectivity index (χ0) is 14.5. The van der Waals surface area contributed by atoms with Crippen LogP contribution in [0.4, 0.5) is 0 Å². The van der Waals surface area contributed by atoms with Gasteiger partial charge in [-0.25, -0.2) is 0 Å². The highest BCUT2D eigenvalue weighted by molar-refractivity contribution is 6.36. The van der Waals surface area contributed by atoms with E-state index in [-0.39, 0.29) is 12.5 Å². The van der Waals surface area contributed by atoms with Crippen LogP contribution < -0.4 is 0 Å². The van der Waals surface area contributed by atoms with Gasteiger partial charge < -0.3 is 5.11 Å².